The molecule has 4 nitrogen and oxygen atoms in total. The molecule has 1 saturated heterocycles. The maximum atomic E-state index is 12.0. The molecule has 1 aromatic carbocycles. The second-order valence-electron chi connectivity index (χ2n) is 5.91. The van der Waals surface area contributed by atoms with E-state index in [0.29, 0.717) is 17.0 Å². The number of likely N-dealkylation sites (tertiary alicyclic amines) is 1. The van der Waals surface area contributed by atoms with Gasteiger partial charge in [0.1, 0.15) is 4.32 Å². The molecule has 124 valence electrons. The first-order chi connectivity index (χ1) is 11.0. The van der Waals surface area contributed by atoms with Crippen LogP contribution in [0.1, 0.15) is 37.0 Å². The third-order valence-electron chi connectivity index (χ3n) is 3.94. The van der Waals surface area contributed by atoms with Gasteiger partial charge in [-0.05, 0) is 49.9 Å². The maximum Gasteiger partial charge on any atom is 0.234 e. The maximum absolute atomic E-state index is 12.0. The van der Waals surface area contributed by atoms with Crippen LogP contribution < -0.4 is 5.32 Å². The minimum Gasteiger partial charge on any atom is -0.357 e. The van der Waals surface area contributed by atoms with Gasteiger partial charge in [0.05, 0.1) is 5.75 Å². The number of Topliss-reactive ketones (excluding diaryl/α,β-unsaturated/α-hetero) is 1. The number of hydrogen-bond donors (Lipinski definition) is 1. The number of nitrogens with one attached hydrogen (secondary N) is 1. The molecule has 0 aromatic heterocycles. The van der Waals surface area contributed by atoms with Crippen molar-refractivity contribution < 1.29 is 9.59 Å². The Hall–Kier alpha value is -1.40. The number of thiocarbonyl (C=S) groups is 1. The van der Waals surface area contributed by atoms with Crippen molar-refractivity contribution in [2.45, 2.75) is 26.7 Å². The lowest BCUT2D eigenvalue weighted by Crippen LogP contribution is -2.36. The van der Waals surface area contributed by atoms with Crippen LogP contribution >= 0.6 is 24.0 Å². The molecule has 1 fully saturated rings. The average molecular weight is 351 g/mol. The molecule has 23 heavy (non-hydrogen) atoms. The average Bonchev–Trinajstić information content (AvgIpc) is 2.54. The quantitative estimate of drug-likeness (QED) is 0.664. The van der Waals surface area contributed by atoms with Crippen LogP contribution in [0.15, 0.2) is 24.3 Å². The van der Waals surface area contributed by atoms with E-state index in [0.717, 1.165) is 36.2 Å². The first kappa shape index (κ1) is 17.9. The molecule has 0 atom stereocenters. The summed E-state index contributed by atoms with van der Waals surface area (Å²) in [4.78, 5) is 25.4. The highest BCUT2D eigenvalue weighted by atomic mass is 32.2. The van der Waals surface area contributed by atoms with E-state index in [1.807, 2.05) is 0 Å². The van der Waals surface area contributed by atoms with Crippen molar-refractivity contribution >= 4 is 45.7 Å². The first-order valence-corrected chi connectivity index (χ1v) is 9.17. The number of carbonyl (C=O) groups excluding carboxylic acids is 2. The molecular weight excluding hydrogens is 328 g/mol. The molecule has 6 heteroatoms. The molecule has 1 aliphatic heterocycles. The normalized spacial score (nSPS) is 15.3. The summed E-state index contributed by atoms with van der Waals surface area (Å²) >= 11 is 6.82. The van der Waals surface area contributed by atoms with Gasteiger partial charge in [-0.3, -0.25) is 9.59 Å². The molecule has 1 aliphatic rings. The summed E-state index contributed by atoms with van der Waals surface area (Å²) in [7, 11) is 0. The van der Waals surface area contributed by atoms with E-state index in [1.165, 1.54) is 18.7 Å². The fourth-order valence-electron chi connectivity index (χ4n) is 2.40. The fourth-order valence-corrected chi connectivity index (χ4v) is 3.45. The molecule has 2 rings (SSSR count). The van der Waals surface area contributed by atoms with E-state index in [1.54, 1.807) is 24.3 Å². The minimum atomic E-state index is -0.0849. The Morgan fingerprint density at radius 1 is 1.26 bits per heavy atom. The first-order valence-electron chi connectivity index (χ1n) is 7.78. The van der Waals surface area contributed by atoms with E-state index in [-0.39, 0.29) is 11.7 Å². The Morgan fingerprint density at radius 2 is 1.87 bits per heavy atom. The zero-order valence-electron chi connectivity index (χ0n) is 13.5. The standard InChI is InChI=1S/C17H22N2O2S2/c1-12-7-9-19(10-8-12)17(22)23-11-16(21)18-15-5-3-14(4-6-15)13(2)20/h3-6,12H,7-11H2,1-2H3,(H,18,21). The van der Waals surface area contributed by atoms with Crippen molar-refractivity contribution in [1.82, 2.24) is 4.90 Å². The van der Waals surface area contributed by atoms with Crippen LogP contribution in [0.3, 0.4) is 0 Å². The lowest BCUT2D eigenvalue weighted by Gasteiger charge is -2.31. The SMILES string of the molecule is CC(=O)c1ccc(NC(=O)CSC(=S)N2CCC(C)CC2)cc1. The smallest absolute Gasteiger partial charge is 0.234 e. The number of nitrogens with zero attached hydrogens (tertiary/aromatic N) is 1. The second-order valence-corrected chi connectivity index (χ2v) is 7.52. The van der Waals surface area contributed by atoms with Crippen molar-refractivity contribution in [3.8, 4) is 0 Å². The summed E-state index contributed by atoms with van der Waals surface area (Å²) in [5.41, 5.74) is 1.33. The summed E-state index contributed by atoms with van der Waals surface area (Å²) in [6.07, 6.45) is 2.32. The van der Waals surface area contributed by atoms with Crippen molar-refractivity contribution in [1.29, 1.82) is 0 Å². The van der Waals surface area contributed by atoms with Crippen LogP contribution in [0.25, 0.3) is 0 Å². The third kappa shape index (κ3) is 5.62. The van der Waals surface area contributed by atoms with Crippen molar-refractivity contribution in [3.63, 3.8) is 0 Å². The summed E-state index contributed by atoms with van der Waals surface area (Å²) < 4.78 is 0.805. The lowest BCUT2D eigenvalue weighted by molar-refractivity contribution is -0.113. The Morgan fingerprint density at radius 3 is 2.43 bits per heavy atom. The molecule has 1 aromatic rings. The minimum absolute atomic E-state index is 0.0135. The van der Waals surface area contributed by atoms with Gasteiger partial charge in [-0.25, -0.2) is 0 Å². The Bertz CT molecular complexity index is 579. The molecule has 0 bridgehead atoms. The molecule has 1 heterocycles. The highest BCUT2D eigenvalue weighted by molar-refractivity contribution is 8.23. The Labute approximate surface area is 147 Å². The summed E-state index contributed by atoms with van der Waals surface area (Å²) in [5, 5.41) is 2.82. The molecule has 0 unspecified atom stereocenters. The summed E-state index contributed by atoms with van der Waals surface area (Å²) in [5.74, 6) is 0.998. The number of carbonyl (C=O) groups is 2. The highest BCUT2D eigenvalue weighted by Gasteiger charge is 2.18. The van der Waals surface area contributed by atoms with E-state index >= 15 is 0 Å². The molecule has 0 aliphatic carbocycles. The highest BCUT2D eigenvalue weighted by Crippen LogP contribution is 2.20. The van der Waals surface area contributed by atoms with Gasteiger partial charge >= 0.3 is 0 Å². The predicted molar refractivity (Wildman–Crippen MR) is 100 cm³/mol. The largest absolute Gasteiger partial charge is 0.357 e. The number of ketones is 1. The summed E-state index contributed by atoms with van der Waals surface area (Å²) in [6, 6.07) is 6.91. The predicted octanol–water partition coefficient (Wildman–Crippen LogP) is 3.58. The fraction of sp³-hybridized carbons (Fsp3) is 0.471. The van der Waals surface area contributed by atoms with Crippen molar-refractivity contribution in [2.24, 2.45) is 5.92 Å². The van der Waals surface area contributed by atoms with Gasteiger partial charge in [-0.2, -0.15) is 0 Å². The monoisotopic (exact) mass is 350 g/mol. The Balaban J connectivity index is 1.76. The van der Waals surface area contributed by atoms with E-state index < -0.39 is 0 Å². The topological polar surface area (TPSA) is 49.4 Å². The third-order valence-corrected chi connectivity index (χ3v) is 5.47. The number of anilines is 1. The number of hydrogen-bond acceptors (Lipinski definition) is 4. The Kier molecular flexibility index (Phi) is 6.59. The zero-order valence-corrected chi connectivity index (χ0v) is 15.1. The van der Waals surface area contributed by atoms with Gasteiger partial charge in [0.25, 0.3) is 0 Å². The van der Waals surface area contributed by atoms with Crippen LogP contribution in [0.4, 0.5) is 5.69 Å². The zero-order chi connectivity index (χ0) is 16.8. The number of amides is 1. The lowest BCUT2D eigenvalue weighted by atomic mass is 10.00. The molecule has 0 saturated carbocycles. The van der Waals surface area contributed by atoms with Gasteiger partial charge in [-0.15, -0.1) is 0 Å². The van der Waals surface area contributed by atoms with Crippen molar-refractivity contribution in [3.05, 3.63) is 29.8 Å². The van der Waals surface area contributed by atoms with Crippen LogP contribution in [0.2, 0.25) is 0 Å². The number of rotatable bonds is 4. The van der Waals surface area contributed by atoms with E-state index in [9.17, 15) is 9.59 Å². The number of piperidine rings is 1. The van der Waals surface area contributed by atoms with E-state index in [4.69, 9.17) is 12.2 Å². The molecule has 1 amide bonds. The van der Waals surface area contributed by atoms with Crippen LogP contribution in [0.5, 0.6) is 0 Å². The molecule has 1 N–H and O–H groups in total. The van der Waals surface area contributed by atoms with Gasteiger partial charge in [0.2, 0.25) is 5.91 Å². The second kappa shape index (κ2) is 8.45. The van der Waals surface area contributed by atoms with Crippen LogP contribution in [-0.2, 0) is 4.79 Å². The molecule has 0 spiro atoms. The number of thioether (sulfide) groups is 1. The van der Waals surface area contributed by atoms with Gasteiger partial charge in [-0.1, -0.05) is 30.9 Å². The van der Waals surface area contributed by atoms with Crippen LogP contribution in [-0.4, -0.2) is 39.8 Å². The molecule has 0 radical (unpaired) electrons. The van der Waals surface area contributed by atoms with Crippen molar-refractivity contribution in [2.75, 3.05) is 24.2 Å². The van der Waals surface area contributed by atoms with E-state index in [2.05, 4.69) is 17.1 Å². The van der Waals surface area contributed by atoms with Gasteiger partial charge < -0.3 is 10.2 Å². The summed E-state index contributed by atoms with van der Waals surface area (Å²) in [6.45, 7) is 5.76. The van der Waals surface area contributed by atoms with Crippen LogP contribution in [0, 0.1) is 5.92 Å². The molecular formula is C17H22N2O2S2. The van der Waals surface area contributed by atoms with Gasteiger partial charge in [0, 0.05) is 24.3 Å². The number of benzene rings is 1. The van der Waals surface area contributed by atoms with Gasteiger partial charge in [0.15, 0.2) is 5.78 Å².